The molecule has 2 N–H and O–H groups in total. The number of aromatic nitrogens is 1. The summed E-state index contributed by atoms with van der Waals surface area (Å²) in [5.74, 6) is -0.139. The molecule has 0 bridgehead atoms. The summed E-state index contributed by atoms with van der Waals surface area (Å²) in [5.41, 5.74) is 4.34. The number of carbonyl (C=O) groups excluding carboxylic acids is 1. The monoisotopic (exact) mass is 360 g/mol. The van der Waals surface area contributed by atoms with E-state index >= 15 is 0 Å². The van der Waals surface area contributed by atoms with Crippen molar-refractivity contribution in [2.24, 2.45) is 0 Å². The van der Waals surface area contributed by atoms with Crippen LogP contribution in [-0.4, -0.2) is 10.9 Å². The highest BCUT2D eigenvalue weighted by atomic mass is 35.5. The third kappa shape index (κ3) is 3.22. The Hall–Kier alpha value is -3.04. The lowest BCUT2D eigenvalue weighted by molar-refractivity contribution is 0.0947. The first-order chi connectivity index (χ1) is 12.7. The van der Waals surface area contributed by atoms with Crippen molar-refractivity contribution in [1.82, 2.24) is 10.3 Å². The van der Waals surface area contributed by atoms with Crippen LogP contribution in [0.5, 0.6) is 0 Å². The van der Waals surface area contributed by atoms with Gasteiger partial charge in [0.2, 0.25) is 0 Å². The van der Waals surface area contributed by atoms with E-state index in [9.17, 15) is 4.79 Å². The van der Waals surface area contributed by atoms with Gasteiger partial charge in [0, 0.05) is 28.0 Å². The maximum absolute atomic E-state index is 12.9. The second kappa shape index (κ2) is 7.06. The Balaban J connectivity index is 1.75. The van der Waals surface area contributed by atoms with Crippen molar-refractivity contribution in [3.05, 3.63) is 95.1 Å². The van der Waals surface area contributed by atoms with Crippen LogP contribution in [-0.2, 0) is 6.54 Å². The molecule has 0 atom stereocenters. The van der Waals surface area contributed by atoms with Crippen LogP contribution in [0.1, 0.15) is 16.1 Å². The summed E-state index contributed by atoms with van der Waals surface area (Å²) < 4.78 is 0. The molecule has 128 valence electrons. The number of amides is 1. The van der Waals surface area contributed by atoms with E-state index < -0.39 is 0 Å². The highest BCUT2D eigenvalue weighted by Gasteiger charge is 2.19. The number of hydrogen-bond donors (Lipinski definition) is 2. The molecular weight excluding hydrogens is 344 g/mol. The van der Waals surface area contributed by atoms with Gasteiger partial charge in [-0.2, -0.15) is 0 Å². The van der Waals surface area contributed by atoms with E-state index in [0.717, 1.165) is 27.6 Å². The smallest absolute Gasteiger partial charge is 0.268 e. The third-order valence-electron chi connectivity index (χ3n) is 4.35. The number of rotatable bonds is 4. The van der Waals surface area contributed by atoms with Crippen LogP contribution in [0.4, 0.5) is 0 Å². The standard InChI is InChI=1S/C22H17ClN2O/c23-17-11-12-19-18(13-17)20(16-9-5-2-6-10-16)21(25-19)22(26)24-14-15-7-3-1-4-8-15/h1-13,25H,14H2,(H,24,26). The van der Waals surface area contributed by atoms with E-state index in [1.54, 1.807) is 0 Å². The molecule has 0 unspecified atom stereocenters. The first-order valence-corrected chi connectivity index (χ1v) is 8.79. The lowest BCUT2D eigenvalue weighted by Gasteiger charge is -2.07. The predicted molar refractivity (Wildman–Crippen MR) is 106 cm³/mol. The van der Waals surface area contributed by atoms with Gasteiger partial charge in [-0.1, -0.05) is 72.3 Å². The van der Waals surface area contributed by atoms with Crippen LogP contribution < -0.4 is 5.32 Å². The number of halogens is 1. The molecule has 1 heterocycles. The zero-order chi connectivity index (χ0) is 17.9. The fraction of sp³-hybridized carbons (Fsp3) is 0.0455. The molecule has 1 amide bonds. The molecule has 0 saturated carbocycles. The van der Waals surface area contributed by atoms with Crippen molar-refractivity contribution in [2.45, 2.75) is 6.54 Å². The lowest BCUT2D eigenvalue weighted by Crippen LogP contribution is -2.23. The maximum Gasteiger partial charge on any atom is 0.268 e. The Morgan fingerprint density at radius 1 is 0.923 bits per heavy atom. The summed E-state index contributed by atoms with van der Waals surface area (Å²) in [6.45, 7) is 0.476. The van der Waals surface area contributed by atoms with Crippen molar-refractivity contribution in [1.29, 1.82) is 0 Å². The molecule has 3 nitrogen and oxygen atoms in total. The number of fused-ring (bicyclic) bond motifs is 1. The number of aromatic amines is 1. The predicted octanol–water partition coefficient (Wildman–Crippen LogP) is 5.42. The van der Waals surface area contributed by atoms with Crippen molar-refractivity contribution < 1.29 is 4.79 Å². The molecule has 0 fully saturated rings. The maximum atomic E-state index is 12.9. The Morgan fingerprint density at radius 3 is 2.35 bits per heavy atom. The van der Waals surface area contributed by atoms with Crippen LogP contribution in [0.3, 0.4) is 0 Å². The Kier molecular flexibility index (Phi) is 4.46. The highest BCUT2D eigenvalue weighted by Crippen LogP contribution is 2.34. The molecule has 0 spiro atoms. The lowest BCUT2D eigenvalue weighted by atomic mass is 10.0. The second-order valence-electron chi connectivity index (χ2n) is 6.10. The van der Waals surface area contributed by atoms with Crippen LogP contribution in [0.25, 0.3) is 22.0 Å². The molecule has 0 aliphatic rings. The minimum atomic E-state index is -0.139. The minimum Gasteiger partial charge on any atom is -0.350 e. The average molecular weight is 361 g/mol. The Labute approximate surface area is 156 Å². The summed E-state index contributed by atoms with van der Waals surface area (Å²) in [5, 5.41) is 4.58. The Bertz CT molecular complexity index is 1060. The van der Waals surface area contributed by atoms with E-state index in [1.807, 2.05) is 78.9 Å². The molecule has 3 aromatic carbocycles. The number of hydrogen-bond acceptors (Lipinski definition) is 1. The van der Waals surface area contributed by atoms with Crippen LogP contribution in [0, 0.1) is 0 Å². The molecule has 4 aromatic rings. The van der Waals surface area contributed by atoms with Gasteiger partial charge < -0.3 is 10.3 Å². The molecular formula is C22H17ClN2O. The van der Waals surface area contributed by atoms with Crippen molar-refractivity contribution in [2.75, 3.05) is 0 Å². The van der Waals surface area contributed by atoms with Crippen LogP contribution >= 0.6 is 11.6 Å². The van der Waals surface area contributed by atoms with Gasteiger partial charge in [-0.05, 0) is 29.3 Å². The van der Waals surface area contributed by atoms with Gasteiger partial charge in [-0.3, -0.25) is 4.79 Å². The molecule has 4 heteroatoms. The molecule has 26 heavy (non-hydrogen) atoms. The normalized spacial score (nSPS) is 10.8. The molecule has 0 saturated heterocycles. The fourth-order valence-corrected chi connectivity index (χ4v) is 3.28. The topological polar surface area (TPSA) is 44.9 Å². The number of carbonyl (C=O) groups is 1. The van der Waals surface area contributed by atoms with Gasteiger partial charge in [0.05, 0.1) is 0 Å². The van der Waals surface area contributed by atoms with Crippen molar-refractivity contribution >= 4 is 28.4 Å². The van der Waals surface area contributed by atoms with E-state index in [-0.39, 0.29) is 5.91 Å². The third-order valence-corrected chi connectivity index (χ3v) is 4.58. The molecule has 0 aliphatic heterocycles. The van der Waals surface area contributed by atoms with Crippen molar-refractivity contribution in [3.63, 3.8) is 0 Å². The first-order valence-electron chi connectivity index (χ1n) is 8.41. The SMILES string of the molecule is O=C(NCc1ccccc1)c1[nH]c2ccc(Cl)cc2c1-c1ccccc1. The van der Waals surface area contributed by atoms with E-state index in [0.29, 0.717) is 17.3 Å². The van der Waals surface area contributed by atoms with E-state index in [2.05, 4.69) is 10.3 Å². The number of benzene rings is 3. The van der Waals surface area contributed by atoms with Gasteiger partial charge in [0.1, 0.15) is 5.69 Å². The number of H-pyrrole nitrogens is 1. The van der Waals surface area contributed by atoms with E-state index in [4.69, 9.17) is 11.6 Å². The summed E-state index contributed by atoms with van der Waals surface area (Å²) in [4.78, 5) is 16.1. The summed E-state index contributed by atoms with van der Waals surface area (Å²) >= 11 is 6.19. The van der Waals surface area contributed by atoms with E-state index in [1.165, 1.54) is 0 Å². The summed E-state index contributed by atoms with van der Waals surface area (Å²) in [6.07, 6.45) is 0. The quantitative estimate of drug-likeness (QED) is 0.501. The molecule has 4 rings (SSSR count). The number of nitrogens with one attached hydrogen (secondary N) is 2. The molecule has 0 radical (unpaired) electrons. The fourth-order valence-electron chi connectivity index (χ4n) is 3.11. The van der Waals surface area contributed by atoms with Gasteiger partial charge >= 0.3 is 0 Å². The largest absolute Gasteiger partial charge is 0.350 e. The highest BCUT2D eigenvalue weighted by molar-refractivity contribution is 6.31. The zero-order valence-corrected chi connectivity index (χ0v) is 14.8. The molecule has 0 aliphatic carbocycles. The Morgan fingerprint density at radius 2 is 1.62 bits per heavy atom. The minimum absolute atomic E-state index is 0.139. The average Bonchev–Trinajstić information content (AvgIpc) is 3.06. The summed E-state index contributed by atoms with van der Waals surface area (Å²) in [6, 6.07) is 25.4. The van der Waals surface area contributed by atoms with Gasteiger partial charge in [0.25, 0.3) is 5.91 Å². The molecule has 1 aromatic heterocycles. The van der Waals surface area contributed by atoms with Gasteiger partial charge in [-0.25, -0.2) is 0 Å². The second-order valence-corrected chi connectivity index (χ2v) is 6.54. The summed E-state index contributed by atoms with van der Waals surface area (Å²) in [7, 11) is 0. The van der Waals surface area contributed by atoms with Crippen molar-refractivity contribution in [3.8, 4) is 11.1 Å². The first kappa shape index (κ1) is 16.4. The van der Waals surface area contributed by atoms with Crippen LogP contribution in [0.15, 0.2) is 78.9 Å². The van der Waals surface area contributed by atoms with Gasteiger partial charge in [-0.15, -0.1) is 0 Å². The van der Waals surface area contributed by atoms with Gasteiger partial charge in [0.15, 0.2) is 0 Å². The van der Waals surface area contributed by atoms with Crippen LogP contribution in [0.2, 0.25) is 5.02 Å². The zero-order valence-electron chi connectivity index (χ0n) is 14.0.